The molecule has 0 amide bonds. The average Bonchev–Trinajstić information content (AvgIpc) is 2.65. The van der Waals surface area contributed by atoms with Crippen LogP contribution in [0.1, 0.15) is 59.3 Å². The van der Waals surface area contributed by atoms with E-state index in [9.17, 15) is 4.79 Å². The van der Waals surface area contributed by atoms with Crippen LogP contribution in [-0.2, 0) is 9.53 Å². The Kier molecular flexibility index (Phi) is 3.48. The summed E-state index contributed by atoms with van der Waals surface area (Å²) in [5, 5.41) is 3.40. The SMILES string of the molecule is CC(C)(C)OC(=O)C1CCC2(CCCC2)CN1. The predicted molar refractivity (Wildman–Crippen MR) is 67.8 cm³/mol. The van der Waals surface area contributed by atoms with Crippen LogP contribution in [0.4, 0.5) is 0 Å². The zero-order valence-corrected chi connectivity index (χ0v) is 11.3. The molecule has 1 aliphatic heterocycles. The lowest BCUT2D eigenvalue weighted by atomic mass is 9.77. The van der Waals surface area contributed by atoms with Crippen LogP contribution in [0.25, 0.3) is 0 Å². The van der Waals surface area contributed by atoms with E-state index in [0.29, 0.717) is 5.41 Å². The van der Waals surface area contributed by atoms with Crippen LogP contribution >= 0.6 is 0 Å². The molecule has 17 heavy (non-hydrogen) atoms. The molecule has 0 radical (unpaired) electrons. The fraction of sp³-hybridized carbons (Fsp3) is 0.929. The second-order valence-corrected chi connectivity index (χ2v) is 6.71. The summed E-state index contributed by atoms with van der Waals surface area (Å²) in [6, 6.07) is -0.0829. The maximum Gasteiger partial charge on any atom is 0.323 e. The third-order valence-electron chi connectivity index (χ3n) is 4.04. The highest BCUT2D eigenvalue weighted by Crippen LogP contribution is 2.43. The molecule has 2 aliphatic rings. The Labute approximate surface area is 104 Å². The summed E-state index contributed by atoms with van der Waals surface area (Å²) in [6.45, 7) is 6.77. The molecule has 0 aromatic carbocycles. The molecule has 0 aromatic rings. The van der Waals surface area contributed by atoms with Gasteiger partial charge in [-0.05, 0) is 51.9 Å². The molecule has 1 spiro atoms. The number of hydrogen-bond donors (Lipinski definition) is 1. The summed E-state index contributed by atoms with van der Waals surface area (Å²) in [6.07, 6.45) is 7.51. The van der Waals surface area contributed by atoms with Crippen LogP contribution in [0.5, 0.6) is 0 Å². The van der Waals surface area contributed by atoms with E-state index in [1.54, 1.807) is 0 Å². The Hall–Kier alpha value is -0.570. The Morgan fingerprint density at radius 2 is 1.88 bits per heavy atom. The minimum absolute atomic E-state index is 0.0784. The van der Waals surface area contributed by atoms with Gasteiger partial charge in [-0.1, -0.05) is 12.8 Å². The zero-order chi connectivity index (χ0) is 12.5. The van der Waals surface area contributed by atoms with Crippen LogP contribution in [-0.4, -0.2) is 24.2 Å². The fourth-order valence-electron chi connectivity index (χ4n) is 3.11. The molecule has 2 fully saturated rings. The molecule has 2 rings (SSSR count). The van der Waals surface area contributed by atoms with E-state index in [0.717, 1.165) is 13.0 Å². The third kappa shape index (κ3) is 3.21. The van der Waals surface area contributed by atoms with E-state index in [-0.39, 0.29) is 17.6 Å². The van der Waals surface area contributed by atoms with Crippen LogP contribution in [0.15, 0.2) is 0 Å². The number of nitrogens with one attached hydrogen (secondary N) is 1. The smallest absolute Gasteiger partial charge is 0.323 e. The van der Waals surface area contributed by atoms with E-state index in [2.05, 4.69) is 5.32 Å². The Bertz CT molecular complexity index is 277. The largest absolute Gasteiger partial charge is 0.459 e. The number of esters is 1. The third-order valence-corrected chi connectivity index (χ3v) is 4.04. The van der Waals surface area contributed by atoms with E-state index >= 15 is 0 Å². The highest BCUT2D eigenvalue weighted by molar-refractivity contribution is 5.76. The number of ether oxygens (including phenoxy) is 1. The molecule has 1 atom stereocenters. The highest BCUT2D eigenvalue weighted by Gasteiger charge is 2.40. The van der Waals surface area contributed by atoms with Crippen LogP contribution < -0.4 is 5.32 Å². The minimum atomic E-state index is -0.374. The van der Waals surface area contributed by atoms with Crippen molar-refractivity contribution < 1.29 is 9.53 Å². The molecule has 3 heteroatoms. The van der Waals surface area contributed by atoms with Crippen molar-refractivity contribution in [3.63, 3.8) is 0 Å². The normalized spacial score (nSPS) is 28.3. The minimum Gasteiger partial charge on any atom is -0.459 e. The van der Waals surface area contributed by atoms with Crippen LogP contribution in [0, 0.1) is 5.41 Å². The first kappa shape index (κ1) is 12.9. The van der Waals surface area contributed by atoms with Gasteiger partial charge in [-0.2, -0.15) is 0 Å². The van der Waals surface area contributed by atoms with E-state index in [4.69, 9.17) is 4.74 Å². The molecule has 3 nitrogen and oxygen atoms in total. The van der Waals surface area contributed by atoms with Gasteiger partial charge in [0, 0.05) is 6.54 Å². The molecule has 0 aromatic heterocycles. The van der Waals surface area contributed by atoms with Crippen LogP contribution in [0.2, 0.25) is 0 Å². The summed E-state index contributed by atoms with van der Waals surface area (Å²) in [5.41, 5.74) is 0.125. The fourth-order valence-corrected chi connectivity index (χ4v) is 3.11. The van der Waals surface area contributed by atoms with E-state index in [1.807, 2.05) is 20.8 Å². The van der Waals surface area contributed by atoms with Gasteiger partial charge in [0.1, 0.15) is 11.6 Å². The van der Waals surface area contributed by atoms with Crippen molar-refractivity contribution in [2.45, 2.75) is 70.9 Å². The molecule has 0 bridgehead atoms. The summed E-state index contributed by atoms with van der Waals surface area (Å²) >= 11 is 0. The van der Waals surface area contributed by atoms with Gasteiger partial charge < -0.3 is 10.1 Å². The second kappa shape index (κ2) is 4.60. The monoisotopic (exact) mass is 239 g/mol. The van der Waals surface area contributed by atoms with Crippen molar-refractivity contribution in [3.8, 4) is 0 Å². The van der Waals surface area contributed by atoms with Crippen molar-refractivity contribution in [3.05, 3.63) is 0 Å². The summed E-state index contributed by atoms with van der Waals surface area (Å²) in [5.74, 6) is -0.0784. The maximum atomic E-state index is 11.9. The van der Waals surface area contributed by atoms with Crippen molar-refractivity contribution in [2.24, 2.45) is 5.41 Å². The maximum absolute atomic E-state index is 11.9. The first-order chi connectivity index (χ1) is 7.90. The molecule has 1 unspecified atom stereocenters. The Morgan fingerprint density at radius 1 is 1.24 bits per heavy atom. The summed E-state index contributed by atoms with van der Waals surface area (Å²) in [7, 11) is 0. The molecular weight excluding hydrogens is 214 g/mol. The first-order valence-electron chi connectivity index (χ1n) is 6.87. The lowest BCUT2D eigenvalue weighted by molar-refractivity contribution is -0.158. The van der Waals surface area contributed by atoms with E-state index < -0.39 is 0 Å². The second-order valence-electron chi connectivity index (χ2n) is 6.71. The molecule has 98 valence electrons. The van der Waals surface area contributed by atoms with Gasteiger partial charge in [-0.3, -0.25) is 4.79 Å². The highest BCUT2D eigenvalue weighted by atomic mass is 16.6. The number of carbonyl (C=O) groups is 1. The predicted octanol–water partition coefficient (Wildman–Crippen LogP) is 2.64. The summed E-state index contributed by atoms with van der Waals surface area (Å²) in [4.78, 5) is 11.9. The summed E-state index contributed by atoms with van der Waals surface area (Å²) < 4.78 is 5.43. The van der Waals surface area contributed by atoms with Gasteiger partial charge >= 0.3 is 5.97 Å². The van der Waals surface area contributed by atoms with Crippen LogP contribution in [0.3, 0.4) is 0 Å². The van der Waals surface area contributed by atoms with Gasteiger partial charge in [0.25, 0.3) is 0 Å². The van der Waals surface area contributed by atoms with Gasteiger partial charge in [-0.15, -0.1) is 0 Å². The molecule has 1 saturated heterocycles. The van der Waals surface area contributed by atoms with Gasteiger partial charge in [-0.25, -0.2) is 0 Å². The topological polar surface area (TPSA) is 38.3 Å². The molecular formula is C14H25NO2. The van der Waals surface area contributed by atoms with Crippen molar-refractivity contribution in [1.82, 2.24) is 5.32 Å². The average molecular weight is 239 g/mol. The Morgan fingerprint density at radius 3 is 2.35 bits per heavy atom. The van der Waals surface area contributed by atoms with E-state index in [1.165, 1.54) is 32.1 Å². The first-order valence-corrected chi connectivity index (χ1v) is 6.87. The van der Waals surface area contributed by atoms with Gasteiger partial charge in [0.05, 0.1) is 0 Å². The molecule has 1 N–H and O–H groups in total. The number of piperidine rings is 1. The van der Waals surface area contributed by atoms with Crippen molar-refractivity contribution in [2.75, 3.05) is 6.54 Å². The van der Waals surface area contributed by atoms with Crippen molar-refractivity contribution >= 4 is 5.97 Å². The lowest BCUT2D eigenvalue weighted by Gasteiger charge is -2.38. The lowest BCUT2D eigenvalue weighted by Crippen LogP contribution is -2.50. The molecule has 1 heterocycles. The number of carbonyl (C=O) groups excluding carboxylic acids is 1. The van der Waals surface area contributed by atoms with Gasteiger partial charge in [0.15, 0.2) is 0 Å². The number of rotatable bonds is 1. The van der Waals surface area contributed by atoms with Gasteiger partial charge in [0.2, 0.25) is 0 Å². The zero-order valence-electron chi connectivity index (χ0n) is 11.3. The standard InChI is InChI=1S/C14H25NO2/c1-13(2,3)17-12(16)11-6-9-14(10-15-11)7-4-5-8-14/h11,15H,4-10H2,1-3H3. The quantitative estimate of drug-likeness (QED) is 0.715. The molecule has 1 aliphatic carbocycles. The molecule has 1 saturated carbocycles. The number of hydrogen-bond acceptors (Lipinski definition) is 3. The van der Waals surface area contributed by atoms with Crippen molar-refractivity contribution in [1.29, 1.82) is 0 Å². The Balaban J connectivity index is 1.84.